The van der Waals surface area contributed by atoms with Crippen molar-refractivity contribution in [1.82, 2.24) is 5.32 Å². The molecular formula is C16H39NO2Si2. The number of hydrogen-bond acceptors (Lipinski definition) is 3. The van der Waals surface area contributed by atoms with Crippen molar-refractivity contribution in [2.45, 2.75) is 88.8 Å². The molecule has 0 fully saturated rings. The van der Waals surface area contributed by atoms with Crippen LogP contribution in [0.3, 0.4) is 0 Å². The van der Waals surface area contributed by atoms with Crippen molar-refractivity contribution in [3.05, 3.63) is 0 Å². The molecule has 0 radical (unpaired) electrons. The summed E-state index contributed by atoms with van der Waals surface area (Å²) in [6.45, 7) is 9.16. The van der Waals surface area contributed by atoms with Crippen LogP contribution in [0.2, 0.25) is 12.1 Å². The third-order valence-corrected chi connectivity index (χ3v) is 7.05. The predicted octanol–water partition coefficient (Wildman–Crippen LogP) is 1.29. The number of methoxy groups -OCH3 is 2. The van der Waals surface area contributed by atoms with E-state index in [-0.39, 0.29) is 11.1 Å². The Hall–Kier alpha value is 0.314. The monoisotopic (exact) mass is 333 g/mol. The number of hydrogen-bond donors (Lipinski definition) is 1. The summed E-state index contributed by atoms with van der Waals surface area (Å²) < 4.78 is 11.7. The highest BCUT2D eigenvalue weighted by atomic mass is 28.1. The SMILES string of the molecule is CCC(CC)(NC(CC)(CC)C(C[SiH3])OC)C(C[SiH3])OC. The van der Waals surface area contributed by atoms with E-state index < -0.39 is 0 Å². The highest BCUT2D eigenvalue weighted by Crippen LogP contribution is 2.33. The first-order chi connectivity index (χ1) is 9.99. The van der Waals surface area contributed by atoms with Gasteiger partial charge in [0, 0.05) is 45.8 Å². The third kappa shape index (κ3) is 4.64. The molecule has 2 atom stereocenters. The Balaban J connectivity index is 5.61. The quantitative estimate of drug-likeness (QED) is 0.546. The Morgan fingerprint density at radius 3 is 1.19 bits per heavy atom. The van der Waals surface area contributed by atoms with Crippen LogP contribution >= 0.6 is 0 Å². The third-order valence-electron chi connectivity index (χ3n) is 5.56. The van der Waals surface area contributed by atoms with E-state index in [2.05, 4.69) is 33.0 Å². The minimum Gasteiger partial charge on any atom is -0.380 e. The predicted molar refractivity (Wildman–Crippen MR) is 101 cm³/mol. The second kappa shape index (κ2) is 10.2. The van der Waals surface area contributed by atoms with E-state index in [0.717, 1.165) is 25.7 Å². The average molecular weight is 334 g/mol. The summed E-state index contributed by atoms with van der Waals surface area (Å²) >= 11 is 0. The van der Waals surface area contributed by atoms with E-state index in [0.29, 0.717) is 12.2 Å². The lowest BCUT2D eigenvalue weighted by Crippen LogP contribution is -2.67. The van der Waals surface area contributed by atoms with Gasteiger partial charge in [-0.2, -0.15) is 0 Å². The van der Waals surface area contributed by atoms with Gasteiger partial charge in [0.2, 0.25) is 0 Å². The normalized spacial score (nSPS) is 16.3. The minimum atomic E-state index is 0.0655. The molecule has 21 heavy (non-hydrogen) atoms. The van der Waals surface area contributed by atoms with Gasteiger partial charge in [-0.25, -0.2) is 0 Å². The molecule has 128 valence electrons. The van der Waals surface area contributed by atoms with Gasteiger partial charge in [-0.3, -0.25) is 0 Å². The lowest BCUT2D eigenvalue weighted by Gasteiger charge is -2.50. The maximum atomic E-state index is 5.87. The second-order valence-corrected chi connectivity index (χ2v) is 7.75. The molecule has 1 N–H and O–H groups in total. The number of ether oxygens (including phenoxy) is 2. The molecular weight excluding hydrogens is 294 g/mol. The minimum absolute atomic E-state index is 0.0655. The smallest absolute Gasteiger partial charge is 0.0721 e. The molecule has 0 aliphatic heterocycles. The van der Waals surface area contributed by atoms with Crippen molar-refractivity contribution in [2.75, 3.05) is 14.2 Å². The standard InChI is InChI=1S/C16H39NO2Si2/c1-7-15(8-2,13(11-20)18-5)17-16(9-3,10-4)14(12-21)19-6/h13-14,17H,7-12H2,1-6,20-21H3. The van der Waals surface area contributed by atoms with Crippen LogP contribution < -0.4 is 5.32 Å². The molecule has 0 aromatic carbocycles. The van der Waals surface area contributed by atoms with Gasteiger partial charge in [0.05, 0.1) is 12.2 Å². The number of nitrogens with one attached hydrogen (secondary N) is 1. The van der Waals surface area contributed by atoms with Crippen molar-refractivity contribution in [2.24, 2.45) is 0 Å². The van der Waals surface area contributed by atoms with E-state index in [1.165, 1.54) is 32.6 Å². The average Bonchev–Trinajstić information content (AvgIpc) is 2.54. The molecule has 0 aliphatic carbocycles. The van der Waals surface area contributed by atoms with Crippen LogP contribution in [-0.4, -0.2) is 58.0 Å². The summed E-state index contributed by atoms with van der Waals surface area (Å²) in [4.78, 5) is 0. The molecule has 0 amide bonds. The molecule has 0 aromatic rings. The van der Waals surface area contributed by atoms with Crippen LogP contribution in [0.25, 0.3) is 0 Å². The second-order valence-electron chi connectivity index (χ2n) is 6.12. The van der Waals surface area contributed by atoms with Crippen LogP contribution in [0, 0.1) is 0 Å². The fourth-order valence-electron chi connectivity index (χ4n) is 3.99. The molecule has 0 bridgehead atoms. The fourth-order valence-corrected chi connectivity index (χ4v) is 6.22. The lowest BCUT2D eigenvalue weighted by atomic mass is 9.79. The van der Waals surface area contributed by atoms with Crippen molar-refractivity contribution in [3.8, 4) is 0 Å². The Bertz CT molecular complexity index is 235. The zero-order chi connectivity index (χ0) is 16.5. The van der Waals surface area contributed by atoms with Gasteiger partial charge in [0.1, 0.15) is 0 Å². The lowest BCUT2D eigenvalue weighted by molar-refractivity contribution is -0.0371. The Morgan fingerprint density at radius 1 is 0.762 bits per heavy atom. The molecule has 0 heterocycles. The summed E-state index contributed by atoms with van der Waals surface area (Å²) in [7, 11) is 6.08. The molecule has 0 saturated heterocycles. The zero-order valence-electron chi connectivity index (χ0n) is 15.7. The van der Waals surface area contributed by atoms with Gasteiger partial charge >= 0.3 is 0 Å². The molecule has 2 unspecified atom stereocenters. The summed E-state index contributed by atoms with van der Waals surface area (Å²) in [5, 5.41) is 4.08. The van der Waals surface area contributed by atoms with Crippen LogP contribution in [0.5, 0.6) is 0 Å². The topological polar surface area (TPSA) is 30.5 Å². The molecule has 0 spiro atoms. The Labute approximate surface area is 138 Å². The van der Waals surface area contributed by atoms with Gasteiger partial charge in [-0.15, -0.1) is 0 Å². The first-order valence-corrected chi connectivity index (χ1v) is 11.7. The first kappa shape index (κ1) is 21.3. The van der Waals surface area contributed by atoms with Gasteiger partial charge < -0.3 is 14.8 Å². The molecule has 0 saturated carbocycles. The first-order valence-electron chi connectivity index (χ1n) is 8.84. The van der Waals surface area contributed by atoms with E-state index in [1.54, 1.807) is 0 Å². The van der Waals surface area contributed by atoms with Crippen molar-refractivity contribution >= 4 is 20.5 Å². The van der Waals surface area contributed by atoms with Crippen LogP contribution in [0.15, 0.2) is 0 Å². The Kier molecular flexibility index (Phi) is 10.3. The molecule has 0 aromatic heterocycles. The maximum absolute atomic E-state index is 5.87. The van der Waals surface area contributed by atoms with Crippen LogP contribution in [0.4, 0.5) is 0 Å². The van der Waals surface area contributed by atoms with Crippen molar-refractivity contribution in [3.63, 3.8) is 0 Å². The zero-order valence-corrected chi connectivity index (χ0v) is 19.7. The van der Waals surface area contributed by atoms with Crippen molar-refractivity contribution in [1.29, 1.82) is 0 Å². The summed E-state index contributed by atoms with van der Waals surface area (Å²) in [6.07, 6.45) is 5.02. The van der Waals surface area contributed by atoms with Gasteiger partial charge in [0.25, 0.3) is 0 Å². The van der Waals surface area contributed by atoms with Crippen molar-refractivity contribution < 1.29 is 9.47 Å². The van der Waals surface area contributed by atoms with E-state index >= 15 is 0 Å². The van der Waals surface area contributed by atoms with Gasteiger partial charge in [-0.05, 0) is 37.8 Å². The molecule has 3 nitrogen and oxygen atoms in total. The van der Waals surface area contributed by atoms with E-state index in [9.17, 15) is 0 Å². The summed E-state index contributed by atoms with van der Waals surface area (Å²) in [5.41, 5.74) is 0.131. The van der Waals surface area contributed by atoms with Gasteiger partial charge in [0.15, 0.2) is 0 Å². The molecule has 0 aliphatic rings. The highest BCUT2D eigenvalue weighted by Gasteiger charge is 2.44. The fraction of sp³-hybridized carbons (Fsp3) is 1.00. The molecule has 5 heteroatoms. The summed E-state index contributed by atoms with van der Waals surface area (Å²) in [6, 6.07) is 2.35. The largest absolute Gasteiger partial charge is 0.380 e. The van der Waals surface area contributed by atoms with E-state index in [4.69, 9.17) is 9.47 Å². The maximum Gasteiger partial charge on any atom is 0.0721 e. The van der Waals surface area contributed by atoms with E-state index in [1.807, 2.05) is 14.2 Å². The van der Waals surface area contributed by atoms with Gasteiger partial charge in [-0.1, -0.05) is 27.7 Å². The molecule has 0 rings (SSSR count). The van der Waals surface area contributed by atoms with Crippen LogP contribution in [0.1, 0.15) is 53.4 Å². The summed E-state index contributed by atoms with van der Waals surface area (Å²) in [5.74, 6) is 0. The highest BCUT2D eigenvalue weighted by molar-refractivity contribution is 6.09. The van der Waals surface area contributed by atoms with Crippen LogP contribution in [-0.2, 0) is 9.47 Å². The Morgan fingerprint density at radius 2 is 1.05 bits per heavy atom. The number of rotatable bonds is 12.